The summed E-state index contributed by atoms with van der Waals surface area (Å²) in [5.41, 5.74) is 0.424. The Morgan fingerprint density at radius 2 is 1.74 bits per heavy atom. The Labute approximate surface area is 166 Å². The van der Waals surface area contributed by atoms with Crippen LogP contribution in [0.2, 0.25) is 6.32 Å². The lowest BCUT2D eigenvalue weighted by Crippen LogP contribution is -2.41. The number of nitrogens with zero attached hydrogens (tertiary/aromatic N) is 1. The number of anilines is 1. The summed E-state index contributed by atoms with van der Waals surface area (Å²) in [6.07, 6.45) is 5.50. The molecular weight excluding hydrogens is 359 g/mol. The van der Waals surface area contributed by atoms with Gasteiger partial charge in [0.05, 0.1) is 21.4 Å². The number of nitrogens with one attached hydrogen (secondary N) is 1. The molecule has 5 nitrogen and oxygen atoms in total. The minimum atomic E-state index is -0.254. The van der Waals surface area contributed by atoms with Gasteiger partial charge in [0, 0.05) is 6.42 Å². The minimum Gasteiger partial charge on any atom is -0.403 e. The number of benzene rings is 1. The molecule has 0 bridgehead atoms. The van der Waals surface area contributed by atoms with Gasteiger partial charge < -0.3 is 14.6 Å². The third-order valence-electron chi connectivity index (χ3n) is 5.44. The van der Waals surface area contributed by atoms with Crippen LogP contribution in [-0.4, -0.2) is 29.2 Å². The zero-order valence-corrected chi connectivity index (χ0v) is 17.5. The van der Waals surface area contributed by atoms with Gasteiger partial charge in [-0.25, -0.2) is 4.98 Å². The van der Waals surface area contributed by atoms with E-state index in [1.165, 1.54) is 11.3 Å². The van der Waals surface area contributed by atoms with E-state index in [-0.39, 0.29) is 24.2 Å². The van der Waals surface area contributed by atoms with Crippen LogP contribution in [0.1, 0.15) is 59.8 Å². The quantitative estimate of drug-likeness (QED) is 0.494. The number of rotatable bonds is 8. The number of unbranched alkanes of at least 4 members (excludes halogenated alkanes) is 3. The Morgan fingerprint density at radius 1 is 1.07 bits per heavy atom. The van der Waals surface area contributed by atoms with Crippen LogP contribution in [0, 0.1) is 0 Å². The third-order valence-corrected chi connectivity index (χ3v) is 6.39. The number of hydrogen-bond donors (Lipinski definition) is 1. The van der Waals surface area contributed by atoms with E-state index in [0.717, 1.165) is 42.2 Å². The summed E-state index contributed by atoms with van der Waals surface area (Å²) >= 11 is 1.52. The third kappa shape index (κ3) is 5.09. The lowest BCUT2D eigenvalue weighted by atomic mass is 9.82. The van der Waals surface area contributed by atoms with Crippen molar-refractivity contribution in [2.45, 2.75) is 77.3 Å². The van der Waals surface area contributed by atoms with Gasteiger partial charge >= 0.3 is 7.12 Å². The summed E-state index contributed by atoms with van der Waals surface area (Å²) in [7, 11) is -0.114. The average molecular weight is 388 g/mol. The van der Waals surface area contributed by atoms with Crippen molar-refractivity contribution in [2.75, 3.05) is 5.32 Å². The van der Waals surface area contributed by atoms with Gasteiger partial charge in [0.2, 0.25) is 5.91 Å². The maximum absolute atomic E-state index is 12.1. The Kier molecular flexibility index (Phi) is 6.23. The predicted molar refractivity (Wildman–Crippen MR) is 112 cm³/mol. The fourth-order valence-corrected chi connectivity index (χ4v) is 4.02. The van der Waals surface area contributed by atoms with Gasteiger partial charge in [-0.05, 0) is 52.6 Å². The van der Waals surface area contributed by atoms with Gasteiger partial charge in [-0.15, -0.1) is 0 Å². The van der Waals surface area contributed by atoms with Crippen LogP contribution in [-0.2, 0) is 14.1 Å². The number of hydrogen-bond acceptors (Lipinski definition) is 5. The molecule has 1 aromatic heterocycles. The number of carbonyl (C=O) groups excluding carboxylic acids is 1. The second-order valence-corrected chi connectivity index (χ2v) is 9.20. The Bertz CT molecular complexity index is 741. The Hall–Kier alpha value is -1.44. The topological polar surface area (TPSA) is 60.5 Å². The van der Waals surface area contributed by atoms with Crippen molar-refractivity contribution in [1.82, 2.24) is 4.98 Å². The number of para-hydroxylation sites is 1. The molecule has 1 saturated heterocycles. The monoisotopic (exact) mass is 388 g/mol. The van der Waals surface area contributed by atoms with E-state index in [1.54, 1.807) is 0 Å². The van der Waals surface area contributed by atoms with Gasteiger partial charge in [0.15, 0.2) is 5.13 Å². The molecule has 1 aliphatic rings. The van der Waals surface area contributed by atoms with Crippen LogP contribution in [0.4, 0.5) is 5.13 Å². The van der Waals surface area contributed by atoms with Crippen LogP contribution in [0.3, 0.4) is 0 Å². The average Bonchev–Trinajstić information content (AvgIpc) is 3.07. The molecule has 2 heterocycles. The first-order chi connectivity index (χ1) is 12.8. The van der Waals surface area contributed by atoms with Gasteiger partial charge in [0.1, 0.15) is 0 Å². The van der Waals surface area contributed by atoms with Crippen molar-refractivity contribution in [1.29, 1.82) is 0 Å². The van der Waals surface area contributed by atoms with Crippen molar-refractivity contribution in [2.24, 2.45) is 0 Å². The van der Waals surface area contributed by atoms with Gasteiger partial charge in [-0.1, -0.05) is 42.7 Å². The summed E-state index contributed by atoms with van der Waals surface area (Å²) in [4.78, 5) is 16.5. The summed E-state index contributed by atoms with van der Waals surface area (Å²) in [6.45, 7) is 8.32. The minimum absolute atomic E-state index is 0.0417. The second kappa shape index (κ2) is 8.29. The molecule has 27 heavy (non-hydrogen) atoms. The van der Waals surface area contributed by atoms with E-state index in [9.17, 15) is 4.79 Å². The summed E-state index contributed by atoms with van der Waals surface area (Å²) in [5.74, 6) is 0.0417. The van der Waals surface area contributed by atoms with E-state index < -0.39 is 0 Å². The molecule has 0 radical (unpaired) electrons. The zero-order valence-electron chi connectivity index (χ0n) is 16.7. The van der Waals surface area contributed by atoms with Crippen molar-refractivity contribution < 1.29 is 14.1 Å². The SMILES string of the molecule is CC1(C)OB(CCCCCCC(=O)Nc2nc3ccccc3s2)OC1(C)C. The molecule has 0 spiro atoms. The van der Waals surface area contributed by atoms with Crippen LogP contribution < -0.4 is 5.32 Å². The Balaban J connectivity index is 1.30. The molecule has 3 rings (SSSR count). The fraction of sp³-hybridized carbons (Fsp3) is 0.600. The van der Waals surface area contributed by atoms with Gasteiger partial charge in [-0.3, -0.25) is 4.79 Å². The van der Waals surface area contributed by atoms with E-state index >= 15 is 0 Å². The van der Waals surface area contributed by atoms with Gasteiger partial charge in [-0.2, -0.15) is 0 Å². The molecule has 1 aliphatic heterocycles. The number of fused-ring (bicyclic) bond motifs is 1. The van der Waals surface area contributed by atoms with Crippen LogP contribution in [0.25, 0.3) is 10.2 Å². The molecular formula is C20H29BN2O3S. The first kappa shape index (κ1) is 20.3. The molecule has 0 saturated carbocycles. The zero-order chi connectivity index (χ0) is 19.5. The maximum Gasteiger partial charge on any atom is 0.457 e. The van der Waals surface area contributed by atoms with Crippen LogP contribution >= 0.6 is 11.3 Å². The summed E-state index contributed by atoms with van der Waals surface area (Å²) in [6, 6.07) is 7.91. The van der Waals surface area contributed by atoms with Crippen molar-refractivity contribution in [3.05, 3.63) is 24.3 Å². The lowest BCUT2D eigenvalue weighted by Gasteiger charge is -2.32. The maximum atomic E-state index is 12.1. The number of aromatic nitrogens is 1. The Morgan fingerprint density at radius 3 is 2.44 bits per heavy atom. The number of thiazole rings is 1. The molecule has 2 aromatic rings. The summed E-state index contributed by atoms with van der Waals surface area (Å²) < 4.78 is 13.1. The molecule has 7 heteroatoms. The predicted octanol–water partition coefficient (Wildman–Crippen LogP) is 5.28. The molecule has 0 unspecified atom stereocenters. The largest absolute Gasteiger partial charge is 0.457 e. The first-order valence-corrected chi connectivity index (χ1v) is 10.6. The lowest BCUT2D eigenvalue weighted by molar-refractivity contribution is -0.116. The molecule has 1 N–H and O–H groups in total. The van der Waals surface area contributed by atoms with Crippen molar-refractivity contribution in [3.63, 3.8) is 0 Å². The standard InChI is InChI=1S/C20H29BN2O3S/c1-19(2)20(3,4)26-21(25-19)14-10-6-5-7-13-17(24)23-18-22-15-11-8-9-12-16(15)27-18/h8-9,11-12H,5-7,10,13-14H2,1-4H3,(H,22,23,24). The smallest absolute Gasteiger partial charge is 0.403 e. The van der Waals surface area contributed by atoms with E-state index in [2.05, 4.69) is 38.0 Å². The number of amides is 1. The summed E-state index contributed by atoms with van der Waals surface area (Å²) in [5, 5.41) is 3.60. The van der Waals surface area contributed by atoms with E-state index in [1.807, 2.05) is 24.3 Å². The normalized spacial score (nSPS) is 18.1. The fourth-order valence-electron chi connectivity index (χ4n) is 3.14. The molecule has 1 amide bonds. The van der Waals surface area contributed by atoms with Gasteiger partial charge in [0.25, 0.3) is 0 Å². The highest BCUT2D eigenvalue weighted by Crippen LogP contribution is 2.38. The first-order valence-electron chi connectivity index (χ1n) is 9.78. The molecule has 1 fully saturated rings. The van der Waals surface area contributed by atoms with E-state index in [4.69, 9.17) is 9.31 Å². The molecule has 146 valence electrons. The van der Waals surface area contributed by atoms with Crippen molar-refractivity contribution >= 4 is 39.7 Å². The molecule has 0 aliphatic carbocycles. The van der Waals surface area contributed by atoms with Crippen LogP contribution in [0.15, 0.2) is 24.3 Å². The highest BCUT2D eigenvalue weighted by molar-refractivity contribution is 7.22. The second-order valence-electron chi connectivity index (χ2n) is 8.17. The van der Waals surface area contributed by atoms with Crippen LogP contribution in [0.5, 0.6) is 0 Å². The van der Waals surface area contributed by atoms with E-state index in [0.29, 0.717) is 11.6 Å². The highest BCUT2D eigenvalue weighted by atomic mass is 32.1. The number of carbonyl (C=O) groups is 1. The van der Waals surface area contributed by atoms with Crippen molar-refractivity contribution in [3.8, 4) is 0 Å². The molecule has 0 atom stereocenters. The molecule has 1 aromatic carbocycles. The highest BCUT2D eigenvalue weighted by Gasteiger charge is 2.50.